The molecule has 1 radical (unpaired) electrons. The van der Waals surface area contributed by atoms with Gasteiger partial charge in [-0.3, -0.25) is 0 Å². The smallest absolute Gasteiger partial charge is 0.103 e. The van der Waals surface area contributed by atoms with Crippen molar-refractivity contribution in [1.82, 2.24) is 0 Å². The Balaban J connectivity index is 2.21. The molecule has 0 N–H and O–H groups in total. The fraction of sp³-hybridized carbons (Fsp3) is 0.176. The molecule has 0 amide bonds. The lowest BCUT2D eigenvalue weighted by Crippen LogP contribution is -2.41. The van der Waals surface area contributed by atoms with Crippen LogP contribution in [0.25, 0.3) is 0 Å². The fourth-order valence-electron chi connectivity index (χ4n) is 2.16. The van der Waals surface area contributed by atoms with E-state index in [0.717, 1.165) is 6.42 Å². The van der Waals surface area contributed by atoms with Crippen LogP contribution >= 0.6 is 0 Å². The van der Waals surface area contributed by atoms with Crippen molar-refractivity contribution in [2.45, 2.75) is 18.9 Å². The van der Waals surface area contributed by atoms with E-state index in [1.54, 1.807) is 0 Å². The van der Waals surface area contributed by atoms with Crippen molar-refractivity contribution in [2.75, 3.05) is 0 Å². The standard InChI is InChI=1S/C17H19Si/c1-2-3-10-15-18(16-11-6-4-7-12-16)17-13-8-5-9-14-17/h2,4-9,11-14H,1,3,10,15H2. The predicted molar refractivity (Wildman–Crippen MR) is 82.1 cm³/mol. The lowest BCUT2D eigenvalue weighted by Gasteiger charge is -2.15. The summed E-state index contributed by atoms with van der Waals surface area (Å²) >= 11 is 0. The molecule has 91 valence electrons. The molecular formula is C17H19Si. The molecule has 0 atom stereocenters. The summed E-state index contributed by atoms with van der Waals surface area (Å²) in [7, 11) is -0.620. The van der Waals surface area contributed by atoms with Crippen molar-refractivity contribution in [3.8, 4) is 0 Å². The van der Waals surface area contributed by atoms with Gasteiger partial charge in [-0.25, -0.2) is 0 Å². The van der Waals surface area contributed by atoms with E-state index in [-0.39, 0.29) is 0 Å². The van der Waals surface area contributed by atoms with Gasteiger partial charge in [-0.1, -0.05) is 89.6 Å². The molecule has 2 aromatic rings. The Morgan fingerprint density at radius 2 is 1.33 bits per heavy atom. The van der Waals surface area contributed by atoms with Crippen LogP contribution in [0.15, 0.2) is 73.3 Å². The maximum atomic E-state index is 3.81. The molecule has 0 saturated heterocycles. The van der Waals surface area contributed by atoms with Gasteiger partial charge in [0.25, 0.3) is 0 Å². The van der Waals surface area contributed by atoms with Crippen molar-refractivity contribution in [3.63, 3.8) is 0 Å². The molecule has 0 heterocycles. The SMILES string of the molecule is C=CCCC[Si](c1ccccc1)c1ccccc1. The van der Waals surface area contributed by atoms with E-state index in [9.17, 15) is 0 Å². The highest BCUT2D eigenvalue weighted by Crippen LogP contribution is 2.04. The monoisotopic (exact) mass is 251 g/mol. The summed E-state index contributed by atoms with van der Waals surface area (Å²) in [4.78, 5) is 0. The zero-order chi connectivity index (χ0) is 12.6. The predicted octanol–water partition coefficient (Wildman–Crippen LogP) is 3.26. The second kappa shape index (κ2) is 6.97. The Morgan fingerprint density at radius 1 is 0.833 bits per heavy atom. The maximum absolute atomic E-state index is 3.81. The topological polar surface area (TPSA) is 0 Å². The third kappa shape index (κ3) is 3.44. The molecule has 1 heteroatoms. The Kier molecular flexibility index (Phi) is 4.97. The Morgan fingerprint density at radius 3 is 1.78 bits per heavy atom. The number of benzene rings is 2. The quantitative estimate of drug-likeness (QED) is 0.420. The highest BCUT2D eigenvalue weighted by molar-refractivity contribution is 6.85. The minimum atomic E-state index is -0.620. The Bertz CT molecular complexity index is 422. The molecular weight excluding hydrogens is 232 g/mol. The molecule has 0 unspecified atom stereocenters. The summed E-state index contributed by atoms with van der Waals surface area (Å²) in [5, 5.41) is 3.02. The lowest BCUT2D eigenvalue weighted by molar-refractivity contribution is 0.950. The third-order valence-electron chi connectivity index (χ3n) is 3.08. The van der Waals surface area contributed by atoms with Crippen LogP contribution in [0, 0.1) is 0 Å². The van der Waals surface area contributed by atoms with Crippen molar-refractivity contribution in [3.05, 3.63) is 73.3 Å². The zero-order valence-electron chi connectivity index (χ0n) is 10.7. The van der Waals surface area contributed by atoms with Crippen molar-refractivity contribution in [2.24, 2.45) is 0 Å². The lowest BCUT2D eigenvalue weighted by atomic mass is 10.3. The van der Waals surface area contributed by atoms with Crippen LogP contribution in [0.5, 0.6) is 0 Å². The van der Waals surface area contributed by atoms with Gasteiger partial charge in [0, 0.05) is 0 Å². The molecule has 0 aliphatic carbocycles. The summed E-state index contributed by atoms with van der Waals surface area (Å²) in [6, 6.07) is 23.2. The second-order valence-electron chi connectivity index (χ2n) is 4.39. The van der Waals surface area contributed by atoms with Crippen molar-refractivity contribution >= 4 is 19.2 Å². The molecule has 0 saturated carbocycles. The van der Waals surface area contributed by atoms with E-state index in [1.165, 1.54) is 22.8 Å². The van der Waals surface area contributed by atoms with Gasteiger partial charge in [0.05, 0.1) is 0 Å². The molecule has 0 bridgehead atoms. The molecule has 0 fully saturated rings. The first-order valence-corrected chi connectivity index (χ1v) is 8.20. The maximum Gasteiger partial charge on any atom is 0.121 e. The van der Waals surface area contributed by atoms with Gasteiger partial charge in [-0.15, -0.1) is 6.58 Å². The highest BCUT2D eigenvalue weighted by Gasteiger charge is 2.15. The van der Waals surface area contributed by atoms with Crippen LogP contribution in [0.1, 0.15) is 12.8 Å². The van der Waals surface area contributed by atoms with Crippen LogP contribution in [0.4, 0.5) is 0 Å². The van der Waals surface area contributed by atoms with Crippen molar-refractivity contribution in [1.29, 1.82) is 0 Å². The largest absolute Gasteiger partial charge is 0.121 e. The molecule has 0 aromatic heterocycles. The summed E-state index contributed by atoms with van der Waals surface area (Å²) < 4.78 is 0. The van der Waals surface area contributed by atoms with Crippen molar-refractivity contribution < 1.29 is 0 Å². The van der Waals surface area contributed by atoms with Gasteiger partial charge in [-0.2, -0.15) is 0 Å². The summed E-state index contributed by atoms with van der Waals surface area (Å²) in [5.41, 5.74) is 0. The molecule has 2 rings (SSSR count). The average molecular weight is 251 g/mol. The normalized spacial score (nSPS) is 10.5. The average Bonchev–Trinajstić information content (AvgIpc) is 2.46. The Labute approximate surface area is 112 Å². The van der Waals surface area contributed by atoms with Crippen LogP contribution in [-0.2, 0) is 0 Å². The first-order chi connectivity index (χ1) is 8.92. The number of allylic oxidation sites excluding steroid dienone is 1. The third-order valence-corrected chi connectivity index (χ3v) is 5.99. The highest BCUT2D eigenvalue weighted by atomic mass is 28.3. The summed E-state index contributed by atoms with van der Waals surface area (Å²) in [6.07, 6.45) is 4.38. The van der Waals surface area contributed by atoms with Gasteiger partial charge >= 0.3 is 0 Å². The van der Waals surface area contributed by atoms with E-state index in [0.29, 0.717) is 0 Å². The van der Waals surface area contributed by atoms with Crippen LogP contribution in [0.2, 0.25) is 6.04 Å². The van der Waals surface area contributed by atoms with E-state index >= 15 is 0 Å². The number of rotatable bonds is 6. The molecule has 18 heavy (non-hydrogen) atoms. The number of hydrogen-bond donors (Lipinski definition) is 0. The van der Waals surface area contributed by atoms with E-state index in [2.05, 4.69) is 67.2 Å². The van der Waals surface area contributed by atoms with E-state index < -0.39 is 8.80 Å². The zero-order valence-corrected chi connectivity index (χ0v) is 11.7. The van der Waals surface area contributed by atoms with Gasteiger partial charge < -0.3 is 0 Å². The van der Waals surface area contributed by atoms with E-state index in [1.807, 2.05) is 6.08 Å². The van der Waals surface area contributed by atoms with Gasteiger partial charge in [0.1, 0.15) is 8.80 Å². The van der Waals surface area contributed by atoms with Gasteiger partial charge in [0.2, 0.25) is 0 Å². The molecule has 0 aliphatic rings. The van der Waals surface area contributed by atoms with Crippen LogP contribution in [0.3, 0.4) is 0 Å². The van der Waals surface area contributed by atoms with Crippen LogP contribution in [-0.4, -0.2) is 8.80 Å². The first kappa shape index (κ1) is 12.8. The molecule has 0 nitrogen and oxygen atoms in total. The Hall–Kier alpha value is -1.60. The fourth-order valence-corrected chi connectivity index (χ4v) is 4.82. The first-order valence-electron chi connectivity index (χ1n) is 6.49. The molecule has 2 aromatic carbocycles. The molecule has 0 aliphatic heterocycles. The molecule has 0 spiro atoms. The summed E-state index contributed by atoms with van der Waals surface area (Å²) in [6.45, 7) is 3.81. The summed E-state index contributed by atoms with van der Waals surface area (Å²) in [5.74, 6) is 0. The minimum absolute atomic E-state index is 0.620. The number of unbranched alkanes of at least 4 members (excludes halogenated alkanes) is 1. The minimum Gasteiger partial charge on any atom is -0.103 e. The van der Waals surface area contributed by atoms with Gasteiger partial charge in [-0.05, 0) is 6.42 Å². The van der Waals surface area contributed by atoms with E-state index in [4.69, 9.17) is 0 Å². The van der Waals surface area contributed by atoms with Gasteiger partial charge in [0.15, 0.2) is 0 Å². The van der Waals surface area contributed by atoms with Crippen LogP contribution < -0.4 is 10.4 Å². The second-order valence-corrected chi connectivity index (χ2v) is 7.00. The number of hydrogen-bond acceptors (Lipinski definition) is 0.